The number of hydrogen-bond acceptors (Lipinski definition) is 5. The molecular formula is C17H12N4OS. The summed E-state index contributed by atoms with van der Waals surface area (Å²) in [6.07, 6.45) is 4.75. The summed E-state index contributed by atoms with van der Waals surface area (Å²) in [5.41, 5.74) is 2.37. The zero-order valence-electron chi connectivity index (χ0n) is 12.3. The van der Waals surface area contributed by atoms with Gasteiger partial charge < -0.3 is 4.98 Å². The smallest absolute Gasteiger partial charge is 0.260 e. The highest BCUT2D eigenvalue weighted by atomic mass is 32.1. The number of benzene rings is 1. The second-order valence-corrected chi connectivity index (χ2v) is 6.29. The van der Waals surface area contributed by atoms with E-state index in [4.69, 9.17) is 0 Å². The molecule has 0 aliphatic heterocycles. The Morgan fingerprint density at radius 2 is 1.96 bits per heavy atom. The molecule has 4 rings (SSSR count). The highest BCUT2D eigenvalue weighted by Gasteiger charge is 2.17. The highest BCUT2D eigenvalue weighted by molar-refractivity contribution is 7.19. The topological polar surface area (TPSA) is 71.5 Å². The monoisotopic (exact) mass is 320 g/mol. The van der Waals surface area contributed by atoms with Crippen LogP contribution >= 0.6 is 11.3 Å². The Kier molecular flexibility index (Phi) is 3.24. The van der Waals surface area contributed by atoms with E-state index in [0.29, 0.717) is 21.7 Å². The maximum atomic E-state index is 12.6. The molecule has 1 aromatic carbocycles. The van der Waals surface area contributed by atoms with Gasteiger partial charge in [0.2, 0.25) is 0 Å². The Hall–Kier alpha value is -2.86. The second kappa shape index (κ2) is 5.40. The number of hydrogen-bond donors (Lipinski definition) is 1. The van der Waals surface area contributed by atoms with Crippen molar-refractivity contribution in [1.82, 2.24) is 19.9 Å². The number of nitrogens with zero attached hydrogens (tertiary/aromatic N) is 3. The lowest BCUT2D eigenvalue weighted by atomic mass is 10.0. The van der Waals surface area contributed by atoms with Gasteiger partial charge in [-0.3, -0.25) is 9.78 Å². The van der Waals surface area contributed by atoms with E-state index in [-0.39, 0.29) is 5.56 Å². The minimum atomic E-state index is -0.154. The third kappa shape index (κ3) is 2.33. The maximum Gasteiger partial charge on any atom is 0.260 e. The van der Waals surface area contributed by atoms with Crippen LogP contribution in [0.1, 0.15) is 4.88 Å². The van der Waals surface area contributed by atoms with Crippen molar-refractivity contribution < 1.29 is 0 Å². The number of aryl methyl sites for hydroxylation is 1. The first kappa shape index (κ1) is 13.8. The van der Waals surface area contributed by atoms with Crippen molar-refractivity contribution in [2.75, 3.05) is 0 Å². The van der Waals surface area contributed by atoms with Crippen molar-refractivity contribution in [3.05, 3.63) is 64.2 Å². The predicted molar refractivity (Wildman–Crippen MR) is 91.4 cm³/mol. The molecule has 0 unspecified atom stereocenters. The number of H-pyrrole nitrogens is 1. The first-order chi connectivity index (χ1) is 11.2. The molecule has 6 heteroatoms. The first-order valence-electron chi connectivity index (χ1n) is 7.09. The molecule has 0 aliphatic rings. The molecule has 5 nitrogen and oxygen atoms in total. The normalized spacial score (nSPS) is 11.0. The fourth-order valence-corrected chi connectivity index (χ4v) is 3.66. The first-order valence-corrected chi connectivity index (χ1v) is 7.91. The van der Waals surface area contributed by atoms with E-state index < -0.39 is 0 Å². The van der Waals surface area contributed by atoms with Crippen molar-refractivity contribution in [1.29, 1.82) is 0 Å². The van der Waals surface area contributed by atoms with Gasteiger partial charge in [-0.2, -0.15) is 0 Å². The molecule has 23 heavy (non-hydrogen) atoms. The van der Waals surface area contributed by atoms with Gasteiger partial charge in [0.15, 0.2) is 5.82 Å². The minimum absolute atomic E-state index is 0.154. The third-order valence-corrected chi connectivity index (χ3v) is 4.61. The molecule has 0 fully saturated rings. The molecule has 0 atom stereocenters. The standard InChI is InChI=1S/C17H12N4OS/c1-10-13(11-5-3-2-4-6-11)14-16(22)20-15(21-17(14)23-10)12-9-18-7-8-19-12/h2-9H,1H3,(H,20,21,22). The van der Waals surface area contributed by atoms with Crippen LogP contribution in [-0.4, -0.2) is 19.9 Å². The molecular weight excluding hydrogens is 308 g/mol. The number of fused-ring (bicyclic) bond motifs is 1. The Morgan fingerprint density at radius 3 is 2.70 bits per heavy atom. The lowest BCUT2D eigenvalue weighted by Crippen LogP contribution is -2.09. The predicted octanol–water partition coefficient (Wildman–Crippen LogP) is 3.42. The zero-order valence-corrected chi connectivity index (χ0v) is 13.1. The van der Waals surface area contributed by atoms with E-state index in [1.54, 1.807) is 18.6 Å². The van der Waals surface area contributed by atoms with Gasteiger partial charge in [-0.05, 0) is 12.5 Å². The number of aromatic nitrogens is 4. The van der Waals surface area contributed by atoms with Gasteiger partial charge in [0, 0.05) is 22.8 Å². The molecule has 3 heterocycles. The summed E-state index contributed by atoms with van der Waals surface area (Å²) in [5.74, 6) is 0.441. The number of aromatic amines is 1. The lowest BCUT2D eigenvalue weighted by molar-refractivity contribution is 1.12. The molecule has 0 saturated carbocycles. The van der Waals surface area contributed by atoms with Crippen molar-refractivity contribution in [2.45, 2.75) is 6.92 Å². The number of nitrogens with one attached hydrogen (secondary N) is 1. The van der Waals surface area contributed by atoms with Gasteiger partial charge in [-0.1, -0.05) is 30.3 Å². The number of thiophene rings is 1. The van der Waals surface area contributed by atoms with E-state index in [9.17, 15) is 4.79 Å². The van der Waals surface area contributed by atoms with Crippen molar-refractivity contribution in [2.24, 2.45) is 0 Å². The molecule has 4 aromatic rings. The summed E-state index contributed by atoms with van der Waals surface area (Å²) in [5, 5.41) is 0.631. The van der Waals surface area contributed by atoms with Crippen LogP contribution in [0, 0.1) is 6.92 Å². The average Bonchev–Trinajstić information content (AvgIpc) is 2.93. The SMILES string of the molecule is Cc1sc2nc(-c3cnccn3)[nH]c(=O)c2c1-c1ccccc1. The summed E-state index contributed by atoms with van der Waals surface area (Å²) in [7, 11) is 0. The fourth-order valence-electron chi connectivity index (χ4n) is 2.61. The second-order valence-electron chi connectivity index (χ2n) is 5.08. The van der Waals surface area contributed by atoms with Crippen LogP contribution in [-0.2, 0) is 0 Å². The van der Waals surface area contributed by atoms with Crippen LogP contribution in [0.15, 0.2) is 53.7 Å². The van der Waals surface area contributed by atoms with Crippen LogP contribution in [0.4, 0.5) is 0 Å². The molecule has 1 N–H and O–H groups in total. The largest absolute Gasteiger partial charge is 0.305 e. The van der Waals surface area contributed by atoms with Crippen LogP contribution in [0.3, 0.4) is 0 Å². The third-order valence-electron chi connectivity index (χ3n) is 3.61. The van der Waals surface area contributed by atoms with E-state index in [1.807, 2.05) is 37.3 Å². The lowest BCUT2D eigenvalue weighted by Gasteiger charge is -2.02. The van der Waals surface area contributed by atoms with Gasteiger partial charge in [-0.15, -0.1) is 11.3 Å². The summed E-state index contributed by atoms with van der Waals surface area (Å²) in [4.78, 5) is 30.0. The van der Waals surface area contributed by atoms with Gasteiger partial charge in [0.05, 0.1) is 11.6 Å². The van der Waals surface area contributed by atoms with E-state index in [0.717, 1.165) is 16.0 Å². The average molecular weight is 320 g/mol. The number of rotatable bonds is 2. The molecule has 0 spiro atoms. The molecule has 0 radical (unpaired) electrons. The highest BCUT2D eigenvalue weighted by Crippen LogP contribution is 2.35. The Morgan fingerprint density at radius 1 is 1.13 bits per heavy atom. The van der Waals surface area contributed by atoms with Crippen LogP contribution in [0.2, 0.25) is 0 Å². The molecule has 3 aromatic heterocycles. The van der Waals surface area contributed by atoms with Crippen LogP contribution < -0.4 is 5.56 Å². The minimum Gasteiger partial charge on any atom is -0.305 e. The van der Waals surface area contributed by atoms with Crippen molar-refractivity contribution in [3.8, 4) is 22.6 Å². The fraction of sp³-hybridized carbons (Fsp3) is 0.0588. The quantitative estimate of drug-likeness (QED) is 0.614. The van der Waals surface area contributed by atoms with Gasteiger partial charge in [0.1, 0.15) is 10.5 Å². The summed E-state index contributed by atoms with van der Waals surface area (Å²) in [6, 6.07) is 9.90. The van der Waals surface area contributed by atoms with Gasteiger partial charge >= 0.3 is 0 Å². The zero-order chi connectivity index (χ0) is 15.8. The molecule has 0 aliphatic carbocycles. The molecule has 0 saturated heterocycles. The summed E-state index contributed by atoms with van der Waals surface area (Å²) >= 11 is 1.52. The van der Waals surface area contributed by atoms with Crippen molar-refractivity contribution in [3.63, 3.8) is 0 Å². The van der Waals surface area contributed by atoms with Crippen LogP contribution in [0.5, 0.6) is 0 Å². The van der Waals surface area contributed by atoms with E-state index in [1.165, 1.54) is 11.3 Å². The van der Waals surface area contributed by atoms with E-state index in [2.05, 4.69) is 19.9 Å². The maximum absolute atomic E-state index is 12.6. The van der Waals surface area contributed by atoms with Crippen LogP contribution in [0.25, 0.3) is 32.9 Å². The molecule has 0 amide bonds. The summed E-state index contributed by atoms with van der Waals surface area (Å²) in [6.45, 7) is 2.01. The van der Waals surface area contributed by atoms with Gasteiger partial charge in [0.25, 0.3) is 5.56 Å². The summed E-state index contributed by atoms with van der Waals surface area (Å²) < 4.78 is 0. The Labute approximate surface area is 135 Å². The Balaban J connectivity index is 1.99. The van der Waals surface area contributed by atoms with Crippen molar-refractivity contribution >= 4 is 21.6 Å². The Bertz CT molecular complexity index is 1040. The van der Waals surface area contributed by atoms with Gasteiger partial charge in [-0.25, -0.2) is 9.97 Å². The molecule has 112 valence electrons. The van der Waals surface area contributed by atoms with E-state index >= 15 is 0 Å². The molecule has 0 bridgehead atoms.